The first-order valence-corrected chi connectivity index (χ1v) is 20.9. The third-order valence-electron chi connectivity index (χ3n) is 12.3. The summed E-state index contributed by atoms with van der Waals surface area (Å²) in [4.78, 5) is 2.44. The molecule has 3 heteroatoms. The Kier molecular flexibility index (Phi) is 8.17. The topological polar surface area (TPSA) is 13.1 Å². The quantitative estimate of drug-likeness (QED) is 0.157. The van der Waals surface area contributed by atoms with Crippen molar-refractivity contribution in [2.75, 3.05) is 4.90 Å². The van der Waals surface area contributed by atoms with Crippen molar-refractivity contribution in [1.82, 2.24) is 9.13 Å². The summed E-state index contributed by atoms with van der Waals surface area (Å²) >= 11 is 0. The van der Waals surface area contributed by atoms with Gasteiger partial charge in [-0.1, -0.05) is 164 Å². The molecular formula is C58H39N3. The van der Waals surface area contributed by atoms with Crippen LogP contribution in [-0.4, -0.2) is 9.13 Å². The van der Waals surface area contributed by atoms with Crippen molar-refractivity contribution in [2.45, 2.75) is 0 Å². The fraction of sp³-hybridized carbons (Fsp3) is 0. The lowest BCUT2D eigenvalue weighted by molar-refractivity contribution is 1.18. The fourth-order valence-electron chi connectivity index (χ4n) is 9.59. The molecule has 0 saturated carbocycles. The number of hydrogen-bond donors (Lipinski definition) is 0. The third kappa shape index (κ3) is 5.74. The van der Waals surface area contributed by atoms with Crippen molar-refractivity contribution in [3.63, 3.8) is 0 Å². The van der Waals surface area contributed by atoms with Crippen molar-refractivity contribution in [3.8, 4) is 33.6 Å². The molecule has 0 aliphatic rings. The Morgan fingerprint density at radius 2 is 0.803 bits per heavy atom. The molecule has 0 spiro atoms. The van der Waals surface area contributed by atoms with Crippen LogP contribution in [0.5, 0.6) is 0 Å². The highest BCUT2D eigenvalue weighted by Gasteiger charge is 2.21. The van der Waals surface area contributed by atoms with E-state index < -0.39 is 0 Å². The van der Waals surface area contributed by atoms with Gasteiger partial charge in [0.2, 0.25) is 0 Å². The van der Waals surface area contributed by atoms with Crippen LogP contribution in [-0.2, 0) is 0 Å². The van der Waals surface area contributed by atoms with Crippen LogP contribution in [0.4, 0.5) is 17.1 Å². The van der Waals surface area contributed by atoms with E-state index in [1.54, 1.807) is 0 Å². The molecule has 0 atom stereocenters. The maximum atomic E-state index is 2.44. The Morgan fingerprint density at radius 1 is 0.279 bits per heavy atom. The largest absolute Gasteiger partial charge is 0.310 e. The van der Waals surface area contributed by atoms with Gasteiger partial charge in [0.15, 0.2) is 0 Å². The van der Waals surface area contributed by atoms with E-state index in [2.05, 4.69) is 251 Å². The molecule has 12 aromatic rings. The Bertz CT molecular complexity index is 3540. The molecule has 0 amide bonds. The predicted molar refractivity (Wildman–Crippen MR) is 258 cm³/mol. The zero-order chi connectivity index (χ0) is 40.3. The number of aromatic nitrogens is 2. The van der Waals surface area contributed by atoms with Crippen LogP contribution in [0, 0.1) is 0 Å². The van der Waals surface area contributed by atoms with Crippen LogP contribution in [0.2, 0.25) is 0 Å². The first-order valence-electron chi connectivity index (χ1n) is 20.9. The van der Waals surface area contributed by atoms with E-state index in [4.69, 9.17) is 0 Å². The summed E-state index contributed by atoms with van der Waals surface area (Å²) in [6.45, 7) is 0. The highest BCUT2D eigenvalue weighted by Crippen LogP contribution is 2.45. The standard InChI is InChI=1S/C58H39N3/c1-3-18-40(19-4-1)48-26-9-13-30-54(48)59(45-34-35-52-51-29-12-14-31-55(51)60(58(52)39-45)43-22-5-2-6-23-43)44-24-17-21-42(36-44)53-38-46(37-41-20-7-8-25-47(41)53)61-56-32-15-10-27-49(56)50-28-11-16-33-57(50)61/h1-39H. The number of para-hydroxylation sites is 5. The Hall–Kier alpha value is -8.14. The molecule has 0 N–H and O–H groups in total. The van der Waals surface area contributed by atoms with Gasteiger partial charge >= 0.3 is 0 Å². The molecule has 0 saturated heterocycles. The molecular weight excluding hydrogens is 739 g/mol. The smallest absolute Gasteiger partial charge is 0.0561 e. The van der Waals surface area contributed by atoms with Crippen molar-refractivity contribution >= 4 is 71.4 Å². The van der Waals surface area contributed by atoms with E-state index in [-0.39, 0.29) is 0 Å². The summed E-state index contributed by atoms with van der Waals surface area (Å²) in [5.41, 5.74) is 15.0. The van der Waals surface area contributed by atoms with E-state index in [1.165, 1.54) is 60.0 Å². The summed E-state index contributed by atoms with van der Waals surface area (Å²) in [6, 6.07) is 86.0. The minimum Gasteiger partial charge on any atom is -0.310 e. The van der Waals surface area contributed by atoms with Gasteiger partial charge in [0.05, 0.1) is 27.8 Å². The van der Waals surface area contributed by atoms with Gasteiger partial charge in [0.1, 0.15) is 0 Å². The molecule has 12 rings (SSSR count). The molecule has 0 fully saturated rings. The normalized spacial score (nSPS) is 11.6. The minimum atomic E-state index is 1.08. The molecule has 0 radical (unpaired) electrons. The summed E-state index contributed by atoms with van der Waals surface area (Å²) < 4.78 is 4.83. The molecule has 0 bridgehead atoms. The molecule has 286 valence electrons. The molecule has 2 heterocycles. The van der Waals surface area contributed by atoms with Gasteiger partial charge in [-0.2, -0.15) is 0 Å². The summed E-state index contributed by atoms with van der Waals surface area (Å²) in [5, 5.41) is 7.39. The average Bonchev–Trinajstić information content (AvgIpc) is 3.85. The number of rotatable bonds is 7. The minimum absolute atomic E-state index is 1.08. The van der Waals surface area contributed by atoms with Crippen molar-refractivity contribution < 1.29 is 0 Å². The highest BCUT2D eigenvalue weighted by molar-refractivity contribution is 6.12. The van der Waals surface area contributed by atoms with E-state index in [9.17, 15) is 0 Å². The lowest BCUT2D eigenvalue weighted by Gasteiger charge is -2.28. The zero-order valence-corrected chi connectivity index (χ0v) is 33.4. The molecule has 61 heavy (non-hydrogen) atoms. The highest BCUT2D eigenvalue weighted by atomic mass is 15.1. The Morgan fingerprint density at radius 3 is 1.51 bits per heavy atom. The van der Waals surface area contributed by atoms with Gasteiger partial charge < -0.3 is 14.0 Å². The van der Waals surface area contributed by atoms with Gasteiger partial charge in [-0.25, -0.2) is 0 Å². The van der Waals surface area contributed by atoms with Crippen LogP contribution in [0.25, 0.3) is 88.0 Å². The second-order valence-electron chi connectivity index (χ2n) is 15.7. The molecule has 3 nitrogen and oxygen atoms in total. The maximum Gasteiger partial charge on any atom is 0.0561 e. The lowest BCUT2D eigenvalue weighted by Crippen LogP contribution is -2.11. The van der Waals surface area contributed by atoms with E-state index in [0.717, 1.165) is 45.1 Å². The van der Waals surface area contributed by atoms with Gasteiger partial charge in [-0.05, 0) is 100 Å². The molecule has 2 aromatic heterocycles. The van der Waals surface area contributed by atoms with E-state index in [1.807, 2.05) is 0 Å². The number of fused-ring (bicyclic) bond motifs is 7. The Labute approximate surface area is 354 Å². The number of hydrogen-bond acceptors (Lipinski definition) is 1. The van der Waals surface area contributed by atoms with E-state index in [0.29, 0.717) is 0 Å². The second kappa shape index (κ2) is 14.3. The monoisotopic (exact) mass is 777 g/mol. The first-order chi connectivity index (χ1) is 30.3. The van der Waals surface area contributed by atoms with Crippen LogP contribution in [0.15, 0.2) is 237 Å². The molecule has 0 unspecified atom stereocenters. The average molecular weight is 778 g/mol. The number of anilines is 3. The van der Waals surface area contributed by atoms with Crippen LogP contribution < -0.4 is 4.90 Å². The third-order valence-corrected chi connectivity index (χ3v) is 12.3. The SMILES string of the molecule is c1ccc(-c2ccccc2N(c2cccc(-c3cc(-n4c5ccccc5c5ccccc54)cc4ccccc34)c2)c2ccc3c4ccccc4n(-c4ccccc4)c3c2)cc1. The molecule has 0 aliphatic heterocycles. The summed E-state index contributed by atoms with van der Waals surface area (Å²) in [7, 11) is 0. The van der Waals surface area contributed by atoms with Gasteiger partial charge in [0, 0.05) is 49.9 Å². The predicted octanol–water partition coefficient (Wildman–Crippen LogP) is 15.8. The van der Waals surface area contributed by atoms with Gasteiger partial charge in [-0.15, -0.1) is 0 Å². The van der Waals surface area contributed by atoms with Crippen molar-refractivity contribution in [2.24, 2.45) is 0 Å². The van der Waals surface area contributed by atoms with Crippen molar-refractivity contribution in [1.29, 1.82) is 0 Å². The summed E-state index contributed by atoms with van der Waals surface area (Å²) in [5.74, 6) is 0. The summed E-state index contributed by atoms with van der Waals surface area (Å²) in [6.07, 6.45) is 0. The maximum absolute atomic E-state index is 2.44. The van der Waals surface area contributed by atoms with Crippen LogP contribution >= 0.6 is 0 Å². The fourth-order valence-corrected chi connectivity index (χ4v) is 9.59. The molecule has 0 aliphatic carbocycles. The molecule has 10 aromatic carbocycles. The van der Waals surface area contributed by atoms with Crippen molar-refractivity contribution in [3.05, 3.63) is 237 Å². The second-order valence-corrected chi connectivity index (χ2v) is 15.7. The van der Waals surface area contributed by atoms with Gasteiger partial charge in [-0.3, -0.25) is 0 Å². The van der Waals surface area contributed by atoms with Crippen LogP contribution in [0.3, 0.4) is 0 Å². The van der Waals surface area contributed by atoms with Gasteiger partial charge in [0.25, 0.3) is 0 Å². The lowest BCUT2D eigenvalue weighted by atomic mass is 9.96. The zero-order valence-electron chi connectivity index (χ0n) is 33.4. The number of nitrogens with zero attached hydrogens (tertiary/aromatic N) is 3. The Balaban J connectivity index is 1.10. The first kappa shape index (κ1) is 34.9. The van der Waals surface area contributed by atoms with Crippen LogP contribution in [0.1, 0.15) is 0 Å². The van der Waals surface area contributed by atoms with E-state index >= 15 is 0 Å². The number of benzene rings is 10.